The molecule has 0 amide bonds. The van der Waals surface area contributed by atoms with Gasteiger partial charge < -0.3 is 37.5 Å². The molecular formula is C13H26N4O6. The number of carbonyl (C=O) groups is 3. The molecule has 0 aromatic heterocycles. The van der Waals surface area contributed by atoms with Crippen molar-refractivity contribution in [3.63, 3.8) is 0 Å². The molecule has 0 heterocycles. The summed E-state index contributed by atoms with van der Waals surface area (Å²) in [7, 11) is 0. The van der Waals surface area contributed by atoms with E-state index in [1.165, 1.54) is 6.92 Å². The lowest BCUT2D eigenvalue weighted by atomic mass is 10.1. The number of nitrogens with two attached hydrogens (primary N) is 4. The lowest BCUT2D eigenvalue weighted by molar-refractivity contribution is -0.157. The first-order chi connectivity index (χ1) is 10.7. The van der Waals surface area contributed by atoms with Crippen LogP contribution in [-0.2, 0) is 23.9 Å². The second-order valence-electron chi connectivity index (χ2n) is 5.13. The third-order valence-electron chi connectivity index (χ3n) is 3.07. The normalized spacial score (nSPS) is 16.0. The highest BCUT2D eigenvalue weighted by atomic mass is 16.6. The molecule has 0 bridgehead atoms. The van der Waals surface area contributed by atoms with Crippen LogP contribution in [0.3, 0.4) is 0 Å². The van der Waals surface area contributed by atoms with Gasteiger partial charge in [0.15, 0.2) is 0 Å². The third kappa shape index (κ3) is 8.45. The molecule has 0 aliphatic heterocycles. The van der Waals surface area contributed by atoms with Gasteiger partial charge >= 0.3 is 17.9 Å². The van der Waals surface area contributed by atoms with Crippen molar-refractivity contribution in [3.05, 3.63) is 0 Å². The minimum atomic E-state index is -1.37. The van der Waals surface area contributed by atoms with E-state index in [4.69, 9.17) is 37.5 Å². The summed E-state index contributed by atoms with van der Waals surface area (Å²) >= 11 is 0. The first-order valence-electron chi connectivity index (χ1n) is 7.27. The summed E-state index contributed by atoms with van der Waals surface area (Å²) in [6.07, 6.45) is 0.778. The minimum absolute atomic E-state index is 0.417. The van der Waals surface area contributed by atoms with Gasteiger partial charge in [0.1, 0.15) is 30.8 Å². The lowest BCUT2D eigenvalue weighted by Crippen LogP contribution is -2.46. The van der Waals surface area contributed by atoms with Crippen LogP contribution < -0.4 is 22.9 Å². The molecule has 4 atom stereocenters. The summed E-state index contributed by atoms with van der Waals surface area (Å²) in [4.78, 5) is 33.9. The first-order valence-corrected chi connectivity index (χ1v) is 7.27. The summed E-state index contributed by atoms with van der Waals surface area (Å²) < 4.78 is 9.64. The van der Waals surface area contributed by atoms with Gasteiger partial charge in [0.25, 0.3) is 0 Å². The second kappa shape index (κ2) is 10.9. The van der Waals surface area contributed by atoms with Crippen molar-refractivity contribution in [2.75, 3.05) is 13.2 Å². The molecule has 134 valence electrons. The minimum Gasteiger partial charge on any atom is -0.480 e. The summed E-state index contributed by atoms with van der Waals surface area (Å²) in [6.45, 7) is 1.41. The summed E-state index contributed by atoms with van der Waals surface area (Å²) in [5.41, 5.74) is 21.8. The number of rotatable bonds is 11. The Morgan fingerprint density at radius 2 is 1.65 bits per heavy atom. The van der Waals surface area contributed by atoms with Gasteiger partial charge in [0.05, 0.1) is 0 Å². The van der Waals surface area contributed by atoms with Crippen molar-refractivity contribution in [1.82, 2.24) is 0 Å². The number of esters is 2. The zero-order chi connectivity index (χ0) is 18.0. The maximum absolute atomic E-state index is 11.6. The van der Waals surface area contributed by atoms with Crippen LogP contribution in [0.1, 0.15) is 26.2 Å². The number of carboxylic acid groups (broad SMARTS) is 1. The molecule has 23 heavy (non-hydrogen) atoms. The van der Waals surface area contributed by atoms with Crippen molar-refractivity contribution in [1.29, 1.82) is 0 Å². The van der Waals surface area contributed by atoms with Gasteiger partial charge in [0, 0.05) is 0 Å². The van der Waals surface area contributed by atoms with E-state index < -0.39 is 48.7 Å². The summed E-state index contributed by atoms with van der Waals surface area (Å²) in [6, 6.07) is -3.44. The topological polar surface area (TPSA) is 194 Å². The van der Waals surface area contributed by atoms with Gasteiger partial charge in [-0.1, -0.05) is 6.42 Å². The largest absolute Gasteiger partial charge is 0.480 e. The number of aliphatic carboxylic acids is 1. The first kappa shape index (κ1) is 21.2. The third-order valence-corrected chi connectivity index (χ3v) is 3.07. The number of carbonyl (C=O) groups excluding carboxylic acids is 2. The Kier molecular flexibility index (Phi) is 10.1. The van der Waals surface area contributed by atoms with E-state index in [1.807, 2.05) is 0 Å². The molecule has 10 heteroatoms. The van der Waals surface area contributed by atoms with Crippen LogP contribution in [0.2, 0.25) is 0 Å². The summed E-state index contributed by atoms with van der Waals surface area (Å²) in [5.74, 6) is -2.91. The molecule has 0 saturated carbocycles. The Bertz CT molecular complexity index is 406. The Morgan fingerprint density at radius 3 is 2.17 bits per heavy atom. The number of ether oxygens (including phenoxy) is 2. The van der Waals surface area contributed by atoms with E-state index >= 15 is 0 Å². The molecule has 0 radical (unpaired) electrons. The summed E-state index contributed by atoms with van der Waals surface area (Å²) in [5, 5.41) is 8.69. The fourth-order valence-electron chi connectivity index (χ4n) is 1.52. The number of hydrogen-bond donors (Lipinski definition) is 5. The average Bonchev–Trinajstić information content (AvgIpc) is 2.50. The van der Waals surface area contributed by atoms with Crippen LogP contribution in [0.25, 0.3) is 0 Å². The van der Waals surface area contributed by atoms with Gasteiger partial charge in [0.2, 0.25) is 0 Å². The highest BCUT2D eigenvalue weighted by Crippen LogP contribution is 2.02. The van der Waals surface area contributed by atoms with Crippen molar-refractivity contribution in [2.45, 2.75) is 50.4 Å². The molecule has 0 aliphatic rings. The maximum Gasteiger partial charge on any atom is 0.326 e. The number of hydrogen-bond acceptors (Lipinski definition) is 9. The van der Waals surface area contributed by atoms with Crippen LogP contribution in [0.5, 0.6) is 0 Å². The molecule has 9 N–H and O–H groups in total. The van der Waals surface area contributed by atoms with E-state index in [0.29, 0.717) is 19.4 Å². The van der Waals surface area contributed by atoms with Crippen LogP contribution >= 0.6 is 0 Å². The smallest absolute Gasteiger partial charge is 0.326 e. The molecule has 0 fully saturated rings. The van der Waals surface area contributed by atoms with Crippen molar-refractivity contribution in [3.8, 4) is 0 Å². The molecule has 0 saturated heterocycles. The van der Waals surface area contributed by atoms with Gasteiger partial charge in [-0.3, -0.25) is 14.4 Å². The van der Waals surface area contributed by atoms with Crippen LogP contribution in [0, 0.1) is 0 Å². The number of carboxylic acids is 1. The van der Waals surface area contributed by atoms with Gasteiger partial charge in [-0.15, -0.1) is 0 Å². The lowest BCUT2D eigenvalue weighted by Gasteiger charge is -2.19. The zero-order valence-electron chi connectivity index (χ0n) is 13.1. The quantitative estimate of drug-likeness (QED) is 0.202. The van der Waals surface area contributed by atoms with Crippen molar-refractivity contribution < 1.29 is 29.0 Å². The molecule has 0 aromatic rings. The van der Waals surface area contributed by atoms with Crippen LogP contribution in [0.15, 0.2) is 0 Å². The Labute approximate surface area is 134 Å². The molecule has 0 unspecified atom stereocenters. The highest BCUT2D eigenvalue weighted by Gasteiger charge is 2.27. The molecule has 0 rings (SSSR count). The van der Waals surface area contributed by atoms with E-state index in [-0.39, 0.29) is 0 Å². The van der Waals surface area contributed by atoms with Crippen molar-refractivity contribution in [2.24, 2.45) is 22.9 Å². The van der Waals surface area contributed by atoms with E-state index in [2.05, 4.69) is 0 Å². The average molecular weight is 334 g/mol. The fraction of sp³-hybridized carbons (Fsp3) is 0.769. The maximum atomic E-state index is 11.6. The Hall–Kier alpha value is -1.75. The molecular weight excluding hydrogens is 308 g/mol. The Morgan fingerprint density at radius 1 is 1.04 bits per heavy atom. The molecule has 0 aliphatic carbocycles. The fourth-order valence-corrected chi connectivity index (χ4v) is 1.52. The van der Waals surface area contributed by atoms with Gasteiger partial charge in [-0.25, -0.2) is 0 Å². The number of unbranched alkanes of at least 4 members (excludes halogenated alkanes) is 1. The monoisotopic (exact) mass is 334 g/mol. The van der Waals surface area contributed by atoms with E-state index in [1.54, 1.807) is 0 Å². The van der Waals surface area contributed by atoms with Gasteiger partial charge in [-0.05, 0) is 26.3 Å². The van der Waals surface area contributed by atoms with E-state index in [9.17, 15) is 14.4 Å². The predicted octanol–water partition coefficient (Wildman–Crippen LogP) is -2.34. The standard InChI is InChI=1S/C13H26N4O6/c1-7(10(17)11(18)19)23-13(21)9(16)6-22-12(20)8(15)4-2-3-5-14/h7-10H,2-6,14-17H2,1H3,(H,18,19)/t7-,8+,9+,10+/m1/s1. The Balaban J connectivity index is 4.17. The highest BCUT2D eigenvalue weighted by molar-refractivity contribution is 5.79. The second-order valence-corrected chi connectivity index (χ2v) is 5.13. The van der Waals surface area contributed by atoms with E-state index in [0.717, 1.165) is 6.42 Å². The van der Waals surface area contributed by atoms with Crippen LogP contribution in [0.4, 0.5) is 0 Å². The zero-order valence-corrected chi connectivity index (χ0v) is 13.1. The SMILES string of the molecule is C[C@@H](OC(=O)[C@@H](N)COC(=O)[C@@H](N)CCCCN)[C@H](N)C(=O)O. The van der Waals surface area contributed by atoms with Crippen LogP contribution in [-0.4, -0.2) is 60.4 Å². The van der Waals surface area contributed by atoms with Crippen molar-refractivity contribution >= 4 is 17.9 Å². The molecule has 10 nitrogen and oxygen atoms in total. The predicted molar refractivity (Wildman–Crippen MR) is 81.0 cm³/mol. The van der Waals surface area contributed by atoms with Gasteiger partial charge in [-0.2, -0.15) is 0 Å². The molecule has 0 spiro atoms. The molecule has 0 aromatic carbocycles.